The zero-order valence-electron chi connectivity index (χ0n) is 13.5. The molecule has 128 valence electrons. The molecule has 1 saturated heterocycles. The topological polar surface area (TPSA) is 79.0 Å². The predicted molar refractivity (Wildman–Crippen MR) is 86.9 cm³/mol. The van der Waals surface area contributed by atoms with Gasteiger partial charge in [-0.3, -0.25) is 9.69 Å². The van der Waals surface area contributed by atoms with Crippen molar-refractivity contribution in [1.82, 2.24) is 14.5 Å². The number of nitrogens with one attached hydrogen (secondary N) is 1. The van der Waals surface area contributed by atoms with Gasteiger partial charge >= 0.3 is 0 Å². The van der Waals surface area contributed by atoms with Crippen LogP contribution >= 0.6 is 0 Å². The smallest absolute Gasteiger partial charge is 0.251 e. The van der Waals surface area contributed by atoms with Crippen molar-refractivity contribution in [2.75, 3.05) is 53.5 Å². The summed E-state index contributed by atoms with van der Waals surface area (Å²) in [6.07, 6.45) is 0. The summed E-state index contributed by atoms with van der Waals surface area (Å²) >= 11 is 0. The molecule has 8 heteroatoms. The molecule has 0 aromatic heterocycles. The van der Waals surface area contributed by atoms with Gasteiger partial charge in [-0.15, -0.1) is 0 Å². The van der Waals surface area contributed by atoms with Gasteiger partial charge in [0.2, 0.25) is 10.0 Å². The Labute approximate surface area is 137 Å². The Balaban J connectivity index is 1.94. The molecular weight excluding hydrogens is 318 g/mol. The summed E-state index contributed by atoms with van der Waals surface area (Å²) in [6.45, 7) is 4.45. The van der Waals surface area contributed by atoms with E-state index in [0.717, 1.165) is 37.2 Å². The summed E-state index contributed by atoms with van der Waals surface area (Å²) < 4.78 is 30.6. The van der Waals surface area contributed by atoms with E-state index in [1.165, 1.54) is 26.2 Å². The quantitative estimate of drug-likeness (QED) is 0.788. The van der Waals surface area contributed by atoms with Crippen LogP contribution in [0.2, 0.25) is 0 Å². The van der Waals surface area contributed by atoms with Crippen molar-refractivity contribution in [1.29, 1.82) is 0 Å². The van der Waals surface area contributed by atoms with Crippen LogP contribution in [0.3, 0.4) is 0 Å². The SMILES string of the molecule is CN(C)S(=O)(=O)c1cccc(C(=O)NCCN2CCOCC2)c1. The lowest BCUT2D eigenvalue weighted by atomic mass is 10.2. The van der Waals surface area contributed by atoms with Crippen LogP contribution in [0.15, 0.2) is 29.2 Å². The minimum atomic E-state index is -3.54. The van der Waals surface area contributed by atoms with E-state index in [1.807, 2.05) is 0 Å². The molecule has 1 aromatic rings. The van der Waals surface area contributed by atoms with Crippen molar-refractivity contribution >= 4 is 15.9 Å². The Morgan fingerprint density at radius 3 is 2.65 bits per heavy atom. The number of ether oxygens (including phenoxy) is 1. The van der Waals surface area contributed by atoms with Gasteiger partial charge in [0.1, 0.15) is 0 Å². The molecule has 1 fully saturated rings. The molecule has 0 unspecified atom stereocenters. The Hall–Kier alpha value is -1.48. The van der Waals surface area contributed by atoms with Crippen molar-refractivity contribution < 1.29 is 17.9 Å². The summed E-state index contributed by atoms with van der Waals surface area (Å²) in [4.78, 5) is 14.5. The van der Waals surface area contributed by atoms with Crippen molar-refractivity contribution in [3.8, 4) is 0 Å². The number of hydrogen-bond acceptors (Lipinski definition) is 5. The van der Waals surface area contributed by atoms with Gasteiger partial charge in [-0.25, -0.2) is 12.7 Å². The molecule has 1 amide bonds. The molecule has 0 spiro atoms. The Morgan fingerprint density at radius 2 is 2.00 bits per heavy atom. The van der Waals surface area contributed by atoms with E-state index in [2.05, 4.69) is 10.2 Å². The molecule has 2 rings (SSSR count). The maximum absolute atomic E-state index is 12.2. The van der Waals surface area contributed by atoms with Crippen molar-refractivity contribution in [3.05, 3.63) is 29.8 Å². The van der Waals surface area contributed by atoms with Crippen LogP contribution in [0, 0.1) is 0 Å². The fraction of sp³-hybridized carbons (Fsp3) is 0.533. The molecule has 1 aliphatic rings. The number of benzene rings is 1. The summed E-state index contributed by atoms with van der Waals surface area (Å²) in [5, 5.41) is 2.82. The first-order valence-electron chi connectivity index (χ1n) is 7.52. The third-order valence-corrected chi connectivity index (χ3v) is 5.50. The fourth-order valence-electron chi connectivity index (χ4n) is 2.26. The van der Waals surface area contributed by atoms with Gasteiger partial charge < -0.3 is 10.1 Å². The molecule has 0 radical (unpaired) electrons. The molecule has 0 aliphatic carbocycles. The highest BCUT2D eigenvalue weighted by molar-refractivity contribution is 7.89. The first-order chi connectivity index (χ1) is 10.9. The summed E-state index contributed by atoms with van der Waals surface area (Å²) in [6, 6.07) is 6.07. The van der Waals surface area contributed by atoms with E-state index in [1.54, 1.807) is 12.1 Å². The minimum Gasteiger partial charge on any atom is -0.379 e. The number of rotatable bonds is 6. The molecule has 23 heavy (non-hydrogen) atoms. The molecule has 1 aliphatic heterocycles. The lowest BCUT2D eigenvalue weighted by Crippen LogP contribution is -2.41. The minimum absolute atomic E-state index is 0.114. The number of carbonyl (C=O) groups is 1. The van der Waals surface area contributed by atoms with Crippen LogP contribution in [-0.4, -0.2) is 77.0 Å². The average molecular weight is 341 g/mol. The van der Waals surface area contributed by atoms with Gasteiger partial charge in [0.15, 0.2) is 0 Å². The third kappa shape index (κ3) is 4.74. The maximum atomic E-state index is 12.2. The molecule has 1 N–H and O–H groups in total. The number of carbonyl (C=O) groups excluding carboxylic acids is 1. The standard InChI is InChI=1S/C15H23N3O4S/c1-17(2)23(20,21)14-5-3-4-13(12-14)15(19)16-6-7-18-8-10-22-11-9-18/h3-5,12H,6-11H2,1-2H3,(H,16,19). The van der Waals surface area contributed by atoms with E-state index in [0.29, 0.717) is 12.1 Å². The normalized spacial score (nSPS) is 16.5. The second-order valence-electron chi connectivity index (χ2n) is 5.53. The molecule has 0 saturated carbocycles. The van der Waals surface area contributed by atoms with Gasteiger partial charge in [-0.1, -0.05) is 6.07 Å². The highest BCUT2D eigenvalue weighted by Gasteiger charge is 2.18. The Bertz CT molecular complexity index is 640. The lowest BCUT2D eigenvalue weighted by Gasteiger charge is -2.26. The summed E-state index contributed by atoms with van der Waals surface area (Å²) in [5.74, 6) is -0.269. The molecule has 0 bridgehead atoms. The van der Waals surface area contributed by atoms with Crippen molar-refractivity contribution in [2.45, 2.75) is 4.90 Å². The average Bonchev–Trinajstić information content (AvgIpc) is 2.55. The highest BCUT2D eigenvalue weighted by Crippen LogP contribution is 2.14. The zero-order chi connectivity index (χ0) is 16.9. The van der Waals surface area contributed by atoms with E-state index in [-0.39, 0.29) is 10.8 Å². The van der Waals surface area contributed by atoms with Gasteiger partial charge in [-0.2, -0.15) is 0 Å². The van der Waals surface area contributed by atoms with Crippen LogP contribution in [0.25, 0.3) is 0 Å². The molecule has 7 nitrogen and oxygen atoms in total. The number of morpholine rings is 1. The van der Waals surface area contributed by atoms with Gasteiger partial charge in [-0.05, 0) is 18.2 Å². The summed E-state index contributed by atoms with van der Waals surface area (Å²) in [5.41, 5.74) is 0.343. The van der Waals surface area contributed by atoms with Gasteiger partial charge in [0.05, 0.1) is 18.1 Å². The van der Waals surface area contributed by atoms with Crippen molar-refractivity contribution in [2.24, 2.45) is 0 Å². The number of amides is 1. The first-order valence-corrected chi connectivity index (χ1v) is 8.96. The second-order valence-corrected chi connectivity index (χ2v) is 7.68. The molecule has 1 heterocycles. The Morgan fingerprint density at radius 1 is 1.30 bits per heavy atom. The first kappa shape index (κ1) is 17.9. The largest absolute Gasteiger partial charge is 0.379 e. The van der Waals surface area contributed by atoms with E-state index >= 15 is 0 Å². The van der Waals surface area contributed by atoms with E-state index < -0.39 is 10.0 Å². The monoisotopic (exact) mass is 341 g/mol. The van der Waals surface area contributed by atoms with Crippen molar-refractivity contribution in [3.63, 3.8) is 0 Å². The van der Waals surface area contributed by atoms with E-state index in [9.17, 15) is 13.2 Å². The molecular formula is C15H23N3O4S. The predicted octanol–water partition coefficient (Wildman–Crippen LogP) is -0.00110. The third-order valence-electron chi connectivity index (χ3n) is 3.69. The van der Waals surface area contributed by atoms with Gasteiger partial charge in [0, 0.05) is 45.8 Å². The number of hydrogen-bond donors (Lipinski definition) is 1. The van der Waals surface area contributed by atoms with E-state index in [4.69, 9.17) is 4.74 Å². The van der Waals surface area contributed by atoms with Crippen LogP contribution in [0.5, 0.6) is 0 Å². The van der Waals surface area contributed by atoms with Crippen LogP contribution in [-0.2, 0) is 14.8 Å². The van der Waals surface area contributed by atoms with Crippen LogP contribution < -0.4 is 5.32 Å². The second kappa shape index (κ2) is 7.87. The zero-order valence-corrected chi connectivity index (χ0v) is 14.3. The van der Waals surface area contributed by atoms with Crippen LogP contribution in [0.1, 0.15) is 10.4 Å². The molecule has 0 atom stereocenters. The fourth-order valence-corrected chi connectivity index (χ4v) is 3.21. The number of nitrogens with zero attached hydrogens (tertiary/aromatic N) is 2. The summed E-state index contributed by atoms with van der Waals surface area (Å²) in [7, 11) is -0.614. The van der Waals surface area contributed by atoms with Crippen LogP contribution in [0.4, 0.5) is 0 Å². The highest BCUT2D eigenvalue weighted by atomic mass is 32.2. The Kier molecular flexibility index (Phi) is 6.11. The van der Waals surface area contributed by atoms with Gasteiger partial charge in [0.25, 0.3) is 5.91 Å². The lowest BCUT2D eigenvalue weighted by molar-refractivity contribution is 0.0383. The number of sulfonamides is 1. The maximum Gasteiger partial charge on any atom is 0.251 e. The molecule has 1 aromatic carbocycles.